The Bertz CT molecular complexity index is 3550. The normalized spacial score (nSPS) is 13.0. The van der Waals surface area contributed by atoms with Gasteiger partial charge in [0.1, 0.15) is 0 Å². The maximum absolute atomic E-state index is 2.52. The summed E-state index contributed by atoms with van der Waals surface area (Å²) in [5.74, 6) is 0.567. The summed E-state index contributed by atoms with van der Waals surface area (Å²) in [5.41, 5.74) is 17.0. The number of rotatable bonds is 9. The van der Waals surface area contributed by atoms with Crippen molar-refractivity contribution in [3.8, 4) is 55.6 Å². The Morgan fingerprint density at radius 2 is 0.776 bits per heavy atom. The van der Waals surface area contributed by atoms with Crippen molar-refractivity contribution in [3.05, 3.63) is 248 Å². The van der Waals surface area contributed by atoms with Gasteiger partial charge in [0.05, 0.1) is 11.4 Å². The summed E-state index contributed by atoms with van der Waals surface area (Å²) < 4.78 is 0. The molecule has 67 heavy (non-hydrogen) atoms. The quantitative estimate of drug-likeness (QED) is 0.131. The fraction of sp³-hybridized carbons (Fsp3) is 0.0909. The first-order valence-corrected chi connectivity index (χ1v) is 24.0. The highest BCUT2D eigenvalue weighted by atomic mass is 15.1. The third kappa shape index (κ3) is 7.47. The molecule has 11 aromatic carbocycles. The summed E-state index contributed by atoms with van der Waals surface area (Å²) in [7, 11) is 0. The lowest BCUT2D eigenvalue weighted by atomic mass is 9.80. The number of nitrogens with zero attached hydrogens (tertiary/aromatic N) is 1. The fourth-order valence-corrected chi connectivity index (χ4v) is 11.2. The first-order valence-electron chi connectivity index (χ1n) is 24.0. The zero-order chi connectivity index (χ0) is 44.5. The molecule has 0 bridgehead atoms. The van der Waals surface area contributed by atoms with E-state index in [0.717, 1.165) is 17.1 Å². The van der Waals surface area contributed by atoms with Gasteiger partial charge in [-0.15, -0.1) is 0 Å². The van der Waals surface area contributed by atoms with Crippen LogP contribution in [0.3, 0.4) is 0 Å². The van der Waals surface area contributed by atoms with Crippen molar-refractivity contribution in [1.29, 1.82) is 0 Å². The molecule has 0 aliphatic heterocycles. The molecule has 0 heterocycles. The summed E-state index contributed by atoms with van der Waals surface area (Å²) >= 11 is 0. The molecule has 12 rings (SSSR count). The van der Waals surface area contributed by atoms with Crippen LogP contribution in [0.4, 0.5) is 17.1 Å². The van der Waals surface area contributed by atoms with Gasteiger partial charge in [-0.3, -0.25) is 0 Å². The maximum Gasteiger partial charge on any atom is 0.0540 e. The largest absolute Gasteiger partial charge is 0.309 e. The lowest BCUT2D eigenvalue weighted by Gasteiger charge is -2.31. The predicted molar refractivity (Wildman–Crippen MR) is 287 cm³/mol. The van der Waals surface area contributed by atoms with Crippen molar-refractivity contribution in [2.45, 2.75) is 38.0 Å². The topological polar surface area (TPSA) is 3.24 Å². The second kappa shape index (κ2) is 17.8. The van der Waals surface area contributed by atoms with E-state index in [-0.39, 0.29) is 0 Å². The number of hydrogen-bond donors (Lipinski definition) is 0. The molecule has 11 aromatic rings. The van der Waals surface area contributed by atoms with Crippen molar-refractivity contribution in [2.24, 2.45) is 0 Å². The van der Waals surface area contributed by atoms with Gasteiger partial charge in [-0.1, -0.05) is 238 Å². The molecule has 1 saturated carbocycles. The fourth-order valence-electron chi connectivity index (χ4n) is 11.2. The van der Waals surface area contributed by atoms with E-state index in [2.05, 4.69) is 248 Å². The molecule has 0 radical (unpaired) electrons. The second-order valence-electron chi connectivity index (χ2n) is 18.1. The summed E-state index contributed by atoms with van der Waals surface area (Å²) in [6.07, 6.45) is 6.43. The molecule has 0 aromatic heterocycles. The van der Waals surface area contributed by atoms with Crippen LogP contribution in [0.25, 0.3) is 88.0 Å². The summed E-state index contributed by atoms with van der Waals surface area (Å²) in [6.45, 7) is 0. The molecule has 1 aliphatic carbocycles. The van der Waals surface area contributed by atoms with Crippen LogP contribution >= 0.6 is 0 Å². The second-order valence-corrected chi connectivity index (χ2v) is 18.1. The average Bonchev–Trinajstić information content (AvgIpc) is 3.41. The Labute approximate surface area is 394 Å². The van der Waals surface area contributed by atoms with E-state index in [1.54, 1.807) is 0 Å². The van der Waals surface area contributed by atoms with Gasteiger partial charge in [0.25, 0.3) is 0 Å². The Kier molecular flexibility index (Phi) is 10.7. The Hall–Kier alpha value is -8.00. The van der Waals surface area contributed by atoms with Crippen LogP contribution in [0, 0.1) is 0 Å². The van der Waals surface area contributed by atoms with Gasteiger partial charge in [-0.05, 0) is 125 Å². The van der Waals surface area contributed by atoms with Crippen molar-refractivity contribution in [3.63, 3.8) is 0 Å². The summed E-state index contributed by atoms with van der Waals surface area (Å²) in [6, 6.07) is 89.9. The molecular weight excluding hydrogens is 807 g/mol. The minimum absolute atomic E-state index is 0.567. The van der Waals surface area contributed by atoms with E-state index in [1.165, 1.54) is 126 Å². The van der Waals surface area contributed by atoms with Crippen molar-refractivity contribution < 1.29 is 0 Å². The molecule has 1 nitrogen and oxygen atoms in total. The Morgan fingerprint density at radius 1 is 0.284 bits per heavy atom. The standard InChI is InChI=1S/C66H51N/c1-3-20-46(21-4-1)52-28-9-10-29-56(52)58-30-11-12-31-59(58)61-32-13-15-38-64(61)67(51-43-40-49(41-44-51)54-34-19-36-57-53-27-8-7-24-48(53)42-45-60(54)57)65-39-16-14-33-62(65)63-37-18-26-50-25-17-35-55(66(50)63)47-22-5-2-6-23-47/h1,3-4,7-21,24-45,47H,2,5-6,22-23H2. The SMILES string of the molecule is c1ccc(-c2ccccc2-c2ccccc2-c2ccccc2N(c2ccc(-c3cccc4c3ccc3ccccc34)cc2)c2ccccc2-c2cccc3cccc(C4CCCCC4)c23)cc1. The molecular formula is C66H51N. The molecule has 1 fully saturated rings. The highest BCUT2D eigenvalue weighted by Gasteiger charge is 2.25. The Morgan fingerprint density at radius 3 is 1.51 bits per heavy atom. The van der Waals surface area contributed by atoms with Gasteiger partial charge >= 0.3 is 0 Å². The van der Waals surface area contributed by atoms with E-state index in [0.29, 0.717) is 5.92 Å². The zero-order valence-electron chi connectivity index (χ0n) is 37.7. The van der Waals surface area contributed by atoms with Crippen LogP contribution in [0.1, 0.15) is 43.6 Å². The number of hydrogen-bond acceptors (Lipinski definition) is 1. The maximum atomic E-state index is 2.52. The predicted octanol–water partition coefficient (Wildman–Crippen LogP) is 19.0. The van der Waals surface area contributed by atoms with E-state index >= 15 is 0 Å². The highest BCUT2D eigenvalue weighted by molar-refractivity contribution is 6.12. The van der Waals surface area contributed by atoms with Crippen LogP contribution < -0.4 is 4.90 Å². The van der Waals surface area contributed by atoms with Crippen LogP contribution in [0.15, 0.2) is 243 Å². The monoisotopic (exact) mass is 857 g/mol. The molecule has 0 atom stereocenters. The third-order valence-electron chi connectivity index (χ3n) is 14.3. The molecule has 0 N–H and O–H groups in total. The number of para-hydroxylation sites is 2. The van der Waals surface area contributed by atoms with E-state index in [9.17, 15) is 0 Å². The molecule has 320 valence electrons. The van der Waals surface area contributed by atoms with Gasteiger partial charge in [0.15, 0.2) is 0 Å². The minimum Gasteiger partial charge on any atom is -0.309 e. The van der Waals surface area contributed by atoms with Crippen molar-refractivity contribution >= 4 is 49.4 Å². The first-order chi connectivity index (χ1) is 33.3. The van der Waals surface area contributed by atoms with E-state index in [4.69, 9.17) is 0 Å². The van der Waals surface area contributed by atoms with Gasteiger partial charge < -0.3 is 4.90 Å². The van der Waals surface area contributed by atoms with Gasteiger partial charge in [0, 0.05) is 16.8 Å². The summed E-state index contributed by atoms with van der Waals surface area (Å²) in [5, 5.41) is 7.78. The molecule has 0 amide bonds. The smallest absolute Gasteiger partial charge is 0.0540 e. The first kappa shape index (κ1) is 40.5. The van der Waals surface area contributed by atoms with Crippen LogP contribution in [0.5, 0.6) is 0 Å². The molecule has 1 aliphatic rings. The lowest BCUT2D eigenvalue weighted by Crippen LogP contribution is -2.13. The zero-order valence-corrected chi connectivity index (χ0v) is 37.7. The molecule has 0 saturated heterocycles. The van der Waals surface area contributed by atoms with Crippen molar-refractivity contribution in [2.75, 3.05) is 4.90 Å². The highest BCUT2D eigenvalue weighted by Crippen LogP contribution is 2.49. The van der Waals surface area contributed by atoms with Gasteiger partial charge in [-0.2, -0.15) is 0 Å². The van der Waals surface area contributed by atoms with E-state index < -0.39 is 0 Å². The van der Waals surface area contributed by atoms with Gasteiger partial charge in [0.2, 0.25) is 0 Å². The third-order valence-corrected chi connectivity index (χ3v) is 14.3. The molecule has 1 heteroatoms. The van der Waals surface area contributed by atoms with Crippen LogP contribution in [-0.4, -0.2) is 0 Å². The molecule has 0 unspecified atom stereocenters. The number of anilines is 3. The van der Waals surface area contributed by atoms with Gasteiger partial charge in [-0.25, -0.2) is 0 Å². The van der Waals surface area contributed by atoms with Crippen molar-refractivity contribution in [1.82, 2.24) is 0 Å². The summed E-state index contributed by atoms with van der Waals surface area (Å²) in [4.78, 5) is 2.52. The minimum atomic E-state index is 0.567. The Balaban J connectivity index is 1.07. The molecule has 0 spiro atoms. The average molecular weight is 858 g/mol. The van der Waals surface area contributed by atoms with Crippen LogP contribution in [0.2, 0.25) is 0 Å². The van der Waals surface area contributed by atoms with Crippen LogP contribution in [-0.2, 0) is 0 Å². The van der Waals surface area contributed by atoms with E-state index in [1.807, 2.05) is 0 Å². The lowest BCUT2D eigenvalue weighted by molar-refractivity contribution is 0.445. The number of fused-ring (bicyclic) bond motifs is 4. The number of benzene rings is 11.